The molecule has 0 unspecified atom stereocenters. The number of thiophene rings is 1. The number of benzene rings is 2. The summed E-state index contributed by atoms with van der Waals surface area (Å²) in [6.45, 7) is 2.05. The maximum Gasteiger partial charge on any atom is 0.151 e. The summed E-state index contributed by atoms with van der Waals surface area (Å²) >= 11 is 1.50. The smallest absolute Gasteiger partial charge is 0.151 e. The van der Waals surface area contributed by atoms with Gasteiger partial charge in [-0.3, -0.25) is 0 Å². The van der Waals surface area contributed by atoms with Gasteiger partial charge in [-0.2, -0.15) is 0 Å². The largest absolute Gasteiger partial charge is 0.457 e. The van der Waals surface area contributed by atoms with Crippen molar-refractivity contribution in [3.63, 3.8) is 0 Å². The van der Waals surface area contributed by atoms with Crippen LogP contribution >= 0.6 is 23.7 Å². The molecule has 27 heavy (non-hydrogen) atoms. The second kappa shape index (κ2) is 8.09. The number of fused-ring (bicyclic) bond motifs is 1. The van der Waals surface area contributed by atoms with Crippen molar-refractivity contribution >= 4 is 45.5 Å². The molecular weight excluding hydrogens is 378 g/mol. The highest BCUT2D eigenvalue weighted by Crippen LogP contribution is 2.31. The van der Waals surface area contributed by atoms with E-state index in [1.54, 1.807) is 0 Å². The lowest BCUT2D eigenvalue weighted by molar-refractivity contribution is 0.482. The second-order valence-electron chi connectivity index (χ2n) is 5.76. The molecule has 1 N–H and O–H groups in total. The number of halogens is 1. The number of anilines is 2. The van der Waals surface area contributed by atoms with Crippen LogP contribution in [-0.4, -0.2) is 9.97 Å². The van der Waals surface area contributed by atoms with E-state index in [1.807, 2.05) is 54.6 Å². The lowest BCUT2D eigenvalue weighted by Gasteiger charge is -2.09. The first-order valence-corrected chi connectivity index (χ1v) is 8.86. The van der Waals surface area contributed by atoms with E-state index in [0.29, 0.717) is 0 Å². The average molecular weight is 394 g/mol. The molecule has 2 aromatic heterocycles. The molecule has 0 radical (unpaired) electrons. The number of ether oxygens (including phenoxy) is 1. The first kappa shape index (κ1) is 18.7. The molecule has 2 heterocycles. The van der Waals surface area contributed by atoms with Gasteiger partial charge in [0.05, 0.1) is 15.1 Å². The van der Waals surface area contributed by atoms with Crippen LogP contribution in [0.1, 0.15) is 10.4 Å². The van der Waals surface area contributed by atoms with Crippen molar-refractivity contribution in [1.82, 2.24) is 9.97 Å². The summed E-state index contributed by atoms with van der Waals surface area (Å²) in [6, 6.07) is 17.6. The number of terminal acetylenes is 1. The summed E-state index contributed by atoms with van der Waals surface area (Å²) in [5, 5.41) is 3.32. The van der Waals surface area contributed by atoms with Crippen LogP contribution in [-0.2, 0) is 0 Å². The molecular formula is C21H16ClN3OS. The van der Waals surface area contributed by atoms with Gasteiger partial charge in [0.2, 0.25) is 0 Å². The third kappa shape index (κ3) is 4.20. The number of hydrogen-bond donors (Lipinski definition) is 1. The molecule has 134 valence electrons. The van der Waals surface area contributed by atoms with Gasteiger partial charge >= 0.3 is 0 Å². The number of nitrogens with one attached hydrogen (secondary N) is 1. The molecule has 6 heteroatoms. The van der Waals surface area contributed by atoms with Crippen LogP contribution in [0.5, 0.6) is 11.5 Å². The van der Waals surface area contributed by atoms with Crippen LogP contribution in [0.25, 0.3) is 10.2 Å². The number of aryl methyl sites for hydroxylation is 1. The van der Waals surface area contributed by atoms with E-state index >= 15 is 0 Å². The van der Waals surface area contributed by atoms with Gasteiger partial charge in [-0.05, 0) is 49.4 Å². The maximum atomic E-state index is 5.85. The zero-order valence-corrected chi connectivity index (χ0v) is 16.1. The fraction of sp³-hybridized carbons (Fsp3) is 0.0476. The van der Waals surface area contributed by atoms with Crippen molar-refractivity contribution in [3.8, 4) is 23.8 Å². The predicted octanol–water partition coefficient (Wildman–Crippen LogP) is 5.94. The monoisotopic (exact) mass is 393 g/mol. The highest BCUT2D eigenvalue weighted by Gasteiger charge is 2.08. The van der Waals surface area contributed by atoms with Crippen LogP contribution in [0.3, 0.4) is 0 Å². The predicted molar refractivity (Wildman–Crippen MR) is 114 cm³/mol. The van der Waals surface area contributed by atoms with Crippen molar-refractivity contribution in [2.75, 3.05) is 5.32 Å². The third-order valence-corrected chi connectivity index (χ3v) is 4.89. The molecule has 0 amide bonds. The molecule has 0 saturated carbocycles. The molecule has 4 rings (SSSR count). The summed E-state index contributed by atoms with van der Waals surface area (Å²) in [5.41, 5.74) is 2.96. The van der Waals surface area contributed by atoms with Gasteiger partial charge in [-0.1, -0.05) is 23.6 Å². The van der Waals surface area contributed by atoms with Gasteiger partial charge in [-0.15, -0.1) is 30.2 Å². The van der Waals surface area contributed by atoms with Crippen LogP contribution in [0.2, 0.25) is 0 Å². The van der Waals surface area contributed by atoms with E-state index in [0.717, 1.165) is 38.1 Å². The molecule has 2 aromatic carbocycles. The molecule has 0 aliphatic heterocycles. The molecule has 0 spiro atoms. The fourth-order valence-corrected chi connectivity index (χ4v) is 3.37. The number of nitrogens with zero attached hydrogens (tertiary/aromatic N) is 2. The standard InChI is InChI=1S/C21H15N3OS.ClH/c1-3-18-12-19-20(26-18)21(23-13-22-19)24-15-6-10-17(11-7-15)25-16-8-4-14(2)5-9-16;/h1,4-13H,2H3,(H,22,23,24);1H. The minimum atomic E-state index is 0. The van der Waals surface area contributed by atoms with Gasteiger partial charge in [0, 0.05) is 5.69 Å². The SMILES string of the molecule is C#Cc1cc2ncnc(Nc3ccc(Oc4ccc(C)cc4)cc3)c2s1.Cl. The Balaban J connectivity index is 0.00000210. The topological polar surface area (TPSA) is 47.0 Å². The molecule has 0 saturated heterocycles. The first-order chi connectivity index (χ1) is 12.7. The Bertz CT molecular complexity index is 1100. The Morgan fingerprint density at radius 1 is 1.00 bits per heavy atom. The van der Waals surface area contributed by atoms with E-state index in [4.69, 9.17) is 11.2 Å². The molecule has 4 aromatic rings. The van der Waals surface area contributed by atoms with E-state index in [1.165, 1.54) is 23.2 Å². The van der Waals surface area contributed by atoms with E-state index in [9.17, 15) is 0 Å². The Hall–Kier alpha value is -3.07. The summed E-state index contributed by atoms with van der Waals surface area (Å²) < 4.78 is 6.80. The van der Waals surface area contributed by atoms with Gasteiger partial charge in [-0.25, -0.2) is 9.97 Å². The van der Waals surface area contributed by atoms with Crippen molar-refractivity contribution in [2.45, 2.75) is 6.92 Å². The van der Waals surface area contributed by atoms with Crippen molar-refractivity contribution < 1.29 is 4.74 Å². The number of aromatic nitrogens is 2. The van der Waals surface area contributed by atoms with E-state index in [-0.39, 0.29) is 12.4 Å². The molecule has 0 aliphatic rings. The van der Waals surface area contributed by atoms with Crippen LogP contribution in [0.4, 0.5) is 11.5 Å². The summed E-state index contributed by atoms with van der Waals surface area (Å²) in [6.07, 6.45) is 7.02. The summed E-state index contributed by atoms with van der Waals surface area (Å²) in [7, 11) is 0. The van der Waals surface area contributed by atoms with Crippen LogP contribution in [0.15, 0.2) is 60.9 Å². The first-order valence-electron chi connectivity index (χ1n) is 8.04. The normalized spacial score (nSPS) is 10.1. The Kier molecular flexibility index (Phi) is 5.60. The van der Waals surface area contributed by atoms with Gasteiger partial charge in [0.15, 0.2) is 5.82 Å². The molecule has 0 fully saturated rings. The van der Waals surface area contributed by atoms with Gasteiger partial charge in [0.25, 0.3) is 0 Å². The zero-order valence-electron chi connectivity index (χ0n) is 14.5. The third-order valence-electron chi connectivity index (χ3n) is 3.83. The van der Waals surface area contributed by atoms with Crippen molar-refractivity contribution in [1.29, 1.82) is 0 Å². The number of hydrogen-bond acceptors (Lipinski definition) is 5. The maximum absolute atomic E-state index is 5.85. The lowest BCUT2D eigenvalue weighted by Crippen LogP contribution is -1.94. The zero-order chi connectivity index (χ0) is 17.9. The summed E-state index contributed by atoms with van der Waals surface area (Å²) in [4.78, 5) is 9.44. The Morgan fingerprint density at radius 3 is 2.33 bits per heavy atom. The lowest BCUT2D eigenvalue weighted by atomic mass is 10.2. The molecule has 0 atom stereocenters. The molecule has 0 aliphatic carbocycles. The van der Waals surface area contributed by atoms with Crippen molar-refractivity contribution in [2.24, 2.45) is 0 Å². The Labute approximate surface area is 167 Å². The van der Waals surface area contributed by atoms with Crippen LogP contribution < -0.4 is 10.1 Å². The van der Waals surface area contributed by atoms with Gasteiger partial charge < -0.3 is 10.1 Å². The number of rotatable bonds is 4. The fourth-order valence-electron chi connectivity index (χ4n) is 2.50. The Morgan fingerprint density at radius 2 is 1.67 bits per heavy atom. The quantitative estimate of drug-likeness (QED) is 0.436. The molecule has 0 bridgehead atoms. The van der Waals surface area contributed by atoms with E-state index < -0.39 is 0 Å². The summed E-state index contributed by atoms with van der Waals surface area (Å²) in [5.74, 6) is 4.98. The van der Waals surface area contributed by atoms with Crippen molar-refractivity contribution in [3.05, 3.63) is 71.4 Å². The molecule has 4 nitrogen and oxygen atoms in total. The highest BCUT2D eigenvalue weighted by molar-refractivity contribution is 7.20. The minimum absolute atomic E-state index is 0. The second-order valence-corrected chi connectivity index (χ2v) is 6.81. The highest BCUT2D eigenvalue weighted by atomic mass is 35.5. The van der Waals surface area contributed by atoms with E-state index in [2.05, 4.69) is 28.1 Å². The van der Waals surface area contributed by atoms with Gasteiger partial charge in [0.1, 0.15) is 17.8 Å². The van der Waals surface area contributed by atoms with Crippen LogP contribution in [0, 0.1) is 19.3 Å². The average Bonchev–Trinajstić information content (AvgIpc) is 3.10. The minimum Gasteiger partial charge on any atom is -0.457 e.